The quantitative estimate of drug-likeness (QED) is 0.402. The van der Waals surface area contributed by atoms with Crippen LogP contribution in [0.15, 0.2) is 23.3 Å². The Morgan fingerprint density at radius 3 is 1.43 bits per heavy atom. The second kappa shape index (κ2) is 8.88. The van der Waals surface area contributed by atoms with Crippen LogP contribution < -0.4 is 0 Å². The highest BCUT2D eigenvalue weighted by molar-refractivity contribution is 5.66. The Balaban J connectivity index is 0.000000171. The monoisotopic (exact) mass is 416 g/mol. The van der Waals surface area contributed by atoms with Crippen molar-refractivity contribution < 1.29 is 19.1 Å². The Bertz CT molecular complexity index is 665. The molecule has 4 bridgehead atoms. The van der Waals surface area contributed by atoms with E-state index in [1.165, 1.54) is 50.7 Å². The van der Waals surface area contributed by atoms with E-state index in [2.05, 4.69) is 39.8 Å². The number of allylic oxidation sites excluding steroid dienone is 2. The number of fused-ring (bicyclic) bond motifs is 2. The number of carbonyl (C=O) groups excluding carboxylic acids is 2. The Morgan fingerprint density at radius 1 is 0.800 bits per heavy atom. The molecule has 0 aromatic rings. The fourth-order valence-corrected chi connectivity index (χ4v) is 6.14. The van der Waals surface area contributed by atoms with Crippen LogP contribution in [0.2, 0.25) is 0 Å². The number of rotatable bonds is 6. The van der Waals surface area contributed by atoms with Crippen molar-refractivity contribution in [3.8, 4) is 0 Å². The molecule has 6 aliphatic rings. The molecule has 4 nitrogen and oxygen atoms in total. The molecular formula is C26H40O4. The first-order chi connectivity index (χ1) is 14.0. The SMILES string of the molecule is CC(=O)OCCC1=CCC2CC1C2(C)C.CC(=O)OCCC1=CCC2CC1C2(C)C. The van der Waals surface area contributed by atoms with Gasteiger partial charge < -0.3 is 9.47 Å². The highest BCUT2D eigenvalue weighted by Crippen LogP contribution is 2.60. The zero-order valence-electron chi connectivity index (χ0n) is 19.8. The summed E-state index contributed by atoms with van der Waals surface area (Å²) in [5, 5.41) is 0. The summed E-state index contributed by atoms with van der Waals surface area (Å²) in [4.78, 5) is 21.3. The summed E-state index contributed by atoms with van der Waals surface area (Å²) < 4.78 is 10.00. The van der Waals surface area contributed by atoms with Crippen LogP contribution in [-0.4, -0.2) is 25.2 Å². The third kappa shape index (κ3) is 4.68. The normalized spacial score (nSPS) is 31.5. The minimum absolute atomic E-state index is 0.169. The predicted molar refractivity (Wildman–Crippen MR) is 119 cm³/mol. The van der Waals surface area contributed by atoms with Gasteiger partial charge in [-0.3, -0.25) is 9.59 Å². The van der Waals surface area contributed by atoms with Gasteiger partial charge in [0.15, 0.2) is 0 Å². The molecule has 0 aromatic carbocycles. The summed E-state index contributed by atoms with van der Waals surface area (Å²) in [5.74, 6) is 2.92. The average molecular weight is 417 g/mol. The molecule has 4 unspecified atom stereocenters. The zero-order chi connectivity index (χ0) is 22.1. The van der Waals surface area contributed by atoms with Crippen LogP contribution in [-0.2, 0) is 19.1 Å². The molecule has 0 aliphatic heterocycles. The molecule has 0 aromatic heterocycles. The van der Waals surface area contributed by atoms with E-state index in [0.29, 0.717) is 24.0 Å². The molecule has 0 amide bonds. The Labute approximate surface area is 182 Å². The standard InChI is InChI=1S/2C13H20O2/c2*1-9(14)15-7-6-10-4-5-11-8-12(10)13(11,2)3/h2*4,11-12H,5-8H2,1-3H3. The first kappa shape index (κ1) is 23.1. The van der Waals surface area contributed by atoms with Crippen LogP contribution in [0.3, 0.4) is 0 Å². The maximum absolute atomic E-state index is 10.7. The molecule has 2 fully saturated rings. The van der Waals surface area contributed by atoms with Crippen LogP contribution in [0.4, 0.5) is 0 Å². The molecule has 6 rings (SSSR count). The van der Waals surface area contributed by atoms with Gasteiger partial charge in [0.05, 0.1) is 13.2 Å². The highest BCUT2D eigenvalue weighted by atomic mass is 16.5. The maximum Gasteiger partial charge on any atom is 0.302 e. The van der Waals surface area contributed by atoms with Gasteiger partial charge in [-0.05, 0) is 60.2 Å². The summed E-state index contributed by atoms with van der Waals surface area (Å²) in [6, 6.07) is 0. The molecule has 4 heteroatoms. The van der Waals surface area contributed by atoms with Crippen LogP contribution in [0.1, 0.15) is 80.1 Å². The smallest absolute Gasteiger partial charge is 0.302 e. The number of esters is 2. The number of carbonyl (C=O) groups is 2. The van der Waals surface area contributed by atoms with Crippen molar-refractivity contribution in [2.24, 2.45) is 34.5 Å². The fourth-order valence-electron chi connectivity index (χ4n) is 6.14. The number of hydrogen-bond acceptors (Lipinski definition) is 4. The number of ether oxygens (including phenoxy) is 2. The van der Waals surface area contributed by atoms with Crippen LogP contribution >= 0.6 is 0 Å². The van der Waals surface area contributed by atoms with Gasteiger partial charge in [-0.2, -0.15) is 0 Å². The van der Waals surface area contributed by atoms with Crippen molar-refractivity contribution in [3.05, 3.63) is 23.3 Å². The van der Waals surface area contributed by atoms with Gasteiger partial charge in [-0.1, -0.05) is 51.0 Å². The summed E-state index contributed by atoms with van der Waals surface area (Å²) in [5.41, 5.74) is 4.01. The largest absolute Gasteiger partial charge is 0.466 e. The van der Waals surface area contributed by atoms with E-state index in [1.807, 2.05) is 0 Å². The van der Waals surface area contributed by atoms with E-state index in [4.69, 9.17) is 9.47 Å². The fraction of sp³-hybridized carbons (Fsp3) is 0.769. The third-order valence-corrected chi connectivity index (χ3v) is 8.56. The summed E-state index contributed by atoms with van der Waals surface area (Å²) >= 11 is 0. The minimum Gasteiger partial charge on any atom is -0.466 e. The molecular weight excluding hydrogens is 376 g/mol. The van der Waals surface area contributed by atoms with Gasteiger partial charge in [0.1, 0.15) is 0 Å². The predicted octanol–water partition coefficient (Wildman–Crippen LogP) is 5.86. The van der Waals surface area contributed by atoms with Crippen molar-refractivity contribution in [2.45, 2.75) is 80.1 Å². The zero-order valence-corrected chi connectivity index (χ0v) is 19.8. The Kier molecular flexibility index (Phi) is 6.84. The lowest BCUT2D eigenvalue weighted by Gasteiger charge is -2.56. The van der Waals surface area contributed by atoms with E-state index >= 15 is 0 Å². The molecule has 6 aliphatic carbocycles. The van der Waals surface area contributed by atoms with Crippen LogP contribution in [0.25, 0.3) is 0 Å². The van der Waals surface area contributed by atoms with Gasteiger partial charge in [0, 0.05) is 26.7 Å². The van der Waals surface area contributed by atoms with Gasteiger partial charge in [0.25, 0.3) is 0 Å². The van der Waals surface area contributed by atoms with Crippen molar-refractivity contribution in [1.29, 1.82) is 0 Å². The van der Waals surface area contributed by atoms with E-state index < -0.39 is 0 Å². The third-order valence-electron chi connectivity index (χ3n) is 8.56. The summed E-state index contributed by atoms with van der Waals surface area (Å²) in [6.07, 6.45) is 11.7. The van der Waals surface area contributed by atoms with Crippen LogP contribution in [0.5, 0.6) is 0 Å². The van der Waals surface area contributed by atoms with Crippen LogP contribution in [0, 0.1) is 34.5 Å². The number of hydrogen-bond donors (Lipinski definition) is 0. The lowest BCUT2D eigenvalue weighted by molar-refractivity contribution is -0.142. The van der Waals surface area contributed by atoms with Gasteiger partial charge >= 0.3 is 11.9 Å². The highest BCUT2D eigenvalue weighted by Gasteiger charge is 2.51. The molecule has 0 saturated heterocycles. The van der Waals surface area contributed by atoms with Crippen molar-refractivity contribution in [2.75, 3.05) is 13.2 Å². The van der Waals surface area contributed by atoms with E-state index in [-0.39, 0.29) is 11.9 Å². The molecule has 0 radical (unpaired) electrons. The maximum atomic E-state index is 10.7. The Hall–Kier alpha value is -1.58. The van der Waals surface area contributed by atoms with Gasteiger partial charge in [-0.25, -0.2) is 0 Å². The van der Waals surface area contributed by atoms with E-state index in [0.717, 1.165) is 36.5 Å². The molecule has 30 heavy (non-hydrogen) atoms. The van der Waals surface area contributed by atoms with Crippen molar-refractivity contribution >= 4 is 11.9 Å². The minimum atomic E-state index is -0.169. The first-order valence-electron chi connectivity index (χ1n) is 11.7. The lowest BCUT2D eigenvalue weighted by Crippen LogP contribution is -2.48. The molecule has 0 N–H and O–H groups in total. The molecule has 168 valence electrons. The lowest BCUT2D eigenvalue weighted by atomic mass is 9.48. The van der Waals surface area contributed by atoms with Crippen molar-refractivity contribution in [3.63, 3.8) is 0 Å². The summed E-state index contributed by atoms with van der Waals surface area (Å²) in [6.45, 7) is 13.5. The summed E-state index contributed by atoms with van der Waals surface area (Å²) in [7, 11) is 0. The van der Waals surface area contributed by atoms with Gasteiger partial charge in [0.2, 0.25) is 0 Å². The second-order valence-corrected chi connectivity index (χ2v) is 10.8. The Morgan fingerprint density at radius 2 is 1.17 bits per heavy atom. The molecule has 0 heterocycles. The molecule has 2 saturated carbocycles. The molecule has 4 atom stereocenters. The van der Waals surface area contributed by atoms with Crippen molar-refractivity contribution in [1.82, 2.24) is 0 Å². The molecule has 0 spiro atoms. The average Bonchev–Trinajstić information content (AvgIpc) is 2.68. The second-order valence-electron chi connectivity index (χ2n) is 10.8. The first-order valence-corrected chi connectivity index (χ1v) is 11.7. The van der Waals surface area contributed by atoms with E-state index in [1.54, 1.807) is 0 Å². The topological polar surface area (TPSA) is 52.6 Å². The van der Waals surface area contributed by atoms with Gasteiger partial charge in [-0.15, -0.1) is 0 Å². The van der Waals surface area contributed by atoms with E-state index in [9.17, 15) is 9.59 Å².